The molecule has 0 bridgehead atoms. The lowest BCUT2D eigenvalue weighted by Crippen LogP contribution is -2.19. The molecule has 0 aromatic heterocycles. The van der Waals surface area contributed by atoms with Crippen molar-refractivity contribution in [2.75, 3.05) is 0 Å². The summed E-state index contributed by atoms with van der Waals surface area (Å²) in [7, 11) is 0. The standard InChI is InChI=1S/C13H17BrO2/c14-12-8-10(9-15)6-7-13(12)16-11-4-2-1-3-5-11/h6-8,11,15H,1-5,9H2. The highest BCUT2D eigenvalue weighted by Gasteiger charge is 2.15. The maximum absolute atomic E-state index is 9.01. The van der Waals surface area contributed by atoms with Crippen LogP contribution in [0.2, 0.25) is 0 Å². The van der Waals surface area contributed by atoms with Crippen molar-refractivity contribution in [3.05, 3.63) is 28.2 Å². The summed E-state index contributed by atoms with van der Waals surface area (Å²) in [6.07, 6.45) is 6.57. The van der Waals surface area contributed by atoms with Gasteiger partial charge in [-0.1, -0.05) is 12.5 Å². The fourth-order valence-corrected chi connectivity index (χ4v) is 2.62. The Labute approximate surface area is 105 Å². The molecule has 1 aliphatic carbocycles. The number of ether oxygens (including phenoxy) is 1. The van der Waals surface area contributed by atoms with Gasteiger partial charge in [-0.15, -0.1) is 0 Å². The van der Waals surface area contributed by atoms with Crippen molar-refractivity contribution < 1.29 is 9.84 Å². The fourth-order valence-electron chi connectivity index (χ4n) is 2.10. The van der Waals surface area contributed by atoms with E-state index in [2.05, 4.69) is 15.9 Å². The molecule has 16 heavy (non-hydrogen) atoms. The Hall–Kier alpha value is -0.540. The third kappa shape index (κ3) is 2.98. The summed E-state index contributed by atoms with van der Waals surface area (Å²) in [5.74, 6) is 0.893. The molecular weight excluding hydrogens is 268 g/mol. The van der Waals surface area contributed by atoms with Gasteiger partial charge in [-0.2, -0.15) is 0 Å². The maximum atomic E-state index is 9.01. The molecule has 1 aromatic carbocycles. The Morgan fingerprint density at radius 2 is 2.00 bits per heavy atom. The van der Waals surface area contributed by atoms with Crippen LogP contribution in [0.15, 0.2) is 22.7 Å². The first-order chi connectivity index (χ1) is 7.79. The second-order valence-corrected chi connectivity index (χ2v) is 5.16. The van der Waals surface area contributed by atoms with Crippen LogP contribution in [0.25, 0.3) is 0 Å². The van der Waals surface area contributed by atoms with Gasteiger partial charge in [-0.3, -0.25) is 0 Å². The molecule has 2 nitrogen and oxygen atoms in total. The second kappa shape index (κ2) is 5.69. The highest BCUT2D eigenvalue weighted by Crippen LogP contribution is 2.30. The van der Waals surface area contributed by atoms with Gasteiger partial charge in [-0.05, 0) is 59.3 Å². The van der Waals surface area contributed by atoms with Crippen molar-refractivity contribution in [3.8, 4) is 5.75 Å². The summed E-state index contributed by atoms with van der Waals surface area (Å²) in [6, 6.07) is 5.76. The molecular formula is C13H17BrO2. The molecule has 1 fully saturated rings. The van der Waals surface area contributed by atoms with Crippen molar-refractivity contribution in [1.82, 2.24) is 0 Å². The van der Waals surface area contributed by atoms with Crippen LogP contribution in [0.4, 0.5) is 0 Å². The van der Waals surface area contributed by atoms with Crippen LogP contribution < -0.4 is 4.74 Å². The van der Waals surface area contributed by atoms with Gasteiger partial charge < -0.3 is 9.84 Å². The number of benzene rings is 1. The third-order valence-electron chi connectivity index (χ3n) is 3.02. The summed E-state index contributed by atoms with van der Waals surface area (Å²) >= 11 is 3.48. The Morgan fingerprint density at radius 3 is 2.62 bits per heavy atom. The molecule has 1 saturated carbocycles. The highest BCUT2D eigenvalue weighted by atomic mass is 79.9. The molecule has 3 heteroatoms. The van der Waals surface area contributed by atoms with E-state index in [1.807, 2.05) is 18.2 Å². The highest BCUT2D eigenvalue weighted by molar-refractivity contribution is 9.10. The molecule has 0 atom stereocenters. The average molecular weight is 285 g/mol. The van der Waals surface area contributed by atoms with Gasteiger partial charge in [0.2, 0.25) is 0 Å². The SMILES string of the molecule is OCc1ccc(OC2CCCCC2)c(Br)c1. The van der Waals surface area contributed by atoms with Crippen molar-refractivity contribution in [3.63, 3.8) is 0 Å². The number of hydrogen-bond donors (Lipinski definition) is 1. The van der Waals surface area contributed by atoms with Gasteiger partial charge in [0.05, 0.1) is 17.2 Å². The monoisotopic (exact) mass is 284 g/mol. The molecule has 88 valence electrons. The van der Waals surface area contributed by atoms with Gasteiger partial charge >= 0.3 is 0 Å². The Morgan fingerprint density at radius 1 is 1.25 bits per heavy atom. The largest absolute Gasteiger partial charge is 0.489 e. The Bertz CT molecular complexity index is 346. The van der Waals surface area contributed by atoms with E-state index in [4.69, 9.17) is 9.84 Å². The molecule has 0 spiro atoms. The van der Waals surface area contributed by atoms with Gasteiger partial charge in [0.15, 0.2) is 0 Å². The van der Waals surface area contributed by atoms with Crippen LogP contribution in [0, 0.1) is 0 Å². The van der Waals surface area contributed by atoms with Gasteiger partial charge in [-0.25, -0.2) is 0 Å². The van der Waals surface area contributed by atoms with E-state index in [0.717, 1.165) is 28.6 Å². The molecule has 0 radical (unpaired) electrons. The van der Waals surface area contributed by atoms with Crippen LogP contribution in [0.3, 0.4) is 0 Å². The maximum Gasteiger partial charge on any atom is 0.133 e. The van der Waals surface area contributed by atoms with Crippen LogP contribution in [-0.2, 0) is 6.61 Å². The number of aliphatic hydroxyl groups is 1. The first-order valence-electron chi connectivity index (χ1n) is 5.85. The van der Waals surface area contributed by atoms with Gasteiger partial charge in [0.25, 0.3) is 0 Å². The van der Waals surface area contributed by atoms with E-state index in [1.54, 1.807) is 0 Å². The van der Waals surface area contributed by atoms with Crippen LogP contribution in [0.1, 0.15) is 37.7 Å². The zero-order chi connectivity index (χ0) is 11.4. The molecule has 1 aromatic rings. The fraction of sp³-hybridized carbons (Fsp3) is 0.538. The summed E-state index contributed by atoms with van der Waals surface area (Å²) < 4.78 is 6.89. The minimum Gasteiger partial charge on any atom is -0.489 e. The molecule has 0 amide bonds. The lowest BCUT2D eigenvalue weighted by atomic mass is 9.98. The average Bonchev–Trinajstić information content (AvgIpc) is 2.33. The van der Waals surface area contributed by atoms with Crippen molar-refractivity contribution >= 4 is 15.9 Å². The van der Waals surface area contributed by atoms with E-state index >= 15 is 0 Å². The summed E-state index contributed by atoms with van der Waals surface area (Å²) in [5, 5.41) is 9.01. The summed E-state index contributed by atoms with van der Waals surface area (Å²) in [5.41, 5.74) is 0.905. The van der Waals surface area contributed by atoms with Crippen molar-refractivity contribution in [1.29, 1.82) is 0 Å². The van der Waals surface area contributed by atoms with Crippen molar-refractivity contribution in [2.45, 2.75) is 44.8 Å². The second-order valence-electron chi connectivity index (χ2n) is 4.30. The molecule has 1 aliphatic rings. The van der Waals surface area contributed by atoms with Gasteiger partial charge in [0, 0.05) is 0 Å². The summed E-state index contributed by atoms with van der Waals surface area (Å²) in [6.45, 7) is 0.0717. The Balaban J connectivity index is 2.03. The molecule has 0 saturated heterocycles. The van der Waals surface area contributed by atoms with E-state index in [1.165, 1.54) is 19.3 Å². The quantitative estimate of drug-likeness (QED) is 0.918. The summed E-state index contributed by atoms with van der Waals surface area (Å²) in [4.78, 5) is 0. The molecule has 0 aliphatic heterocycles. The lowest BCUT2D eigenvalue weighted by Gasteiger charge is -2.23. The first-order valence-corrected chi connectivity index (χ1v) is 6.65. The van der Waals surface area contributed by atoms with E-state index in [9.17, 15) is 0 Å². The minimum absolute atomic E-state index is 0.0717. The number of halogens is 1. The minimum atomic E-state index is 0.0717. The third-order valence-corrected chi connectivity index (χ3v) is 3.64. The number of aliphatic hydroxyl groups excluding tert-OH is 1. The lowest BCUT2D eigenvalue weighted by molar-refractivity contribution is 0.154. The van der Waals surface area contributed by atoms with Crippen molar-refractivity contribution in [2.24, 2.45) is 0 Å². The molecule has 0 unspecified atom stereocenters. The normalized spacial score (nSPS) is 17.4. The van der Waals surface area contributed by atoms with Gasteiger partial charge in [0.1, 0.15) is 5.75 Å². The molecule has 2 rings (SSSR count). The van der Waals surface area contributed by atoms with Crippen LogP contribution in [-0.4, -0.2) is 11.2 Å². The molecule has 1 N–H and O–H groups in total. The predicted octanol–water partition coefficient (Wildman–Crippen LogP) is 3.65. The predicted molar refractivity (Wildman–Crippen MR) is 67.6 cm³/mol. The first kappa shape index (κ1) is 11.9. The van der Waals surface area contributed by atoms with E-state index in [-0.39, 0.29) is 6.61 Å². The van der Waals surface area contributed by atoms with Crippen LogP contribution in [0.5, 0.6) is 5.75 Å². The Kier molecular flexibility index (Phi) is 4.24. The van der Waals surface area contributed by atoms with E-state index in [0.29, 0.717) is 6.10 Å². The molecule has 0 heterocycles. The zero-order valence-electron chi connectivity index (χ0n) is 9.29. The topological polar surface area (TPSA) is 29.5 Å². The smallest absolute Gasteiger partial charge is 0.133 e. The number of rotatable bonds is 3. The van der Waals surface area contributed by atoms with Crippen LogP contribution >= 0.6 is 15.9 Å². The van der Waals surface area contributed by atoms with E-state index < -0.39 is 0 Å². The zero-order valence-corrected chi connectivity index (χ0v) is 10.9. The number of hydrogen-bond acceptors (Lipinski definition) is 2.